The number of hydrogen-bond acceptors (Lipinski definition) is 3. The quantitative estimate of drug-likeness (QED) is 0.907. The number of rotatable bonds is 4. The van der Waals surface area contributed by atoms with Crippen LogP contribution in [0.1, 0.15) is 27.0 Å². The third-order valence-electron chi connectivity index (χ3n) is 3.28. The predicted molar refractivity (Wildman–Crippen MR) is 84.9 cm³/mol. The molecule has 0 aliphatic carbocycles. The van der Waals surface area contributed by atoms with Gasteiger partial charge in [-0.1, -0.05) is 29.8 Å². The number of aromatic carboxylic acids is 1. The molecule has 0 fully saturated rings. The van der Waals surface area contributed by atoms with Crippen molar-refractivity contribution in [2.75, 3.05) is 4.72 Å². The second kappa shape index (κ2) is 5.81. The Labute approximate surface area is 129 Å². The van der Waals surface area contributed by atoms with Gasteiger partial charge in [0.1, 0.15) is 0 Å². The summed E-state index contributed by atoms with van der Waals surface area (Å²) in [5.41, 5.74) is 2.18. The number of aryl methyl sites for hydroxylation is 3. The van der Waals surface area contributed by atoms with E-state index in [9.17, 15) is 13.2 Å². The lowest BCUT2D eigenvalue weighted by molar-refractivity contribution is 0.0698. The van der Waals surface area contributed by atoms with E-state index in [0.717, 1.165) is 5.56 Å². The highest BCUT2D eigenvalue weighted by atomic mass is 32.2. The first-order valence-electron chi connectivity index (χ1n) is 6.65. The standard InChI is InChI=1S/C16H17NO4S/c1-10-8-11(2)15(12(3)9-10)22(20,21)17-14-7-5-4-6-13(14)16(18)19/h4-9,17H,1-3H3,(H,18,19). The van der Waals surface area contributed by atoms with Crippen LogP contribution in [0.5, 0.6) is 0 Å². The van der Waals surface area contributed by atoms with Crippen LogP contribution < -0.4 is 4.72 Å². The summed E-state index contributed by atoms with van der Waals surface area (Å²) in [5, 5.41) is 9.14. The molecule has 116 valence electrons. The molecule has 0 heterocycles. The van der Waals surface area contributed by atoms with E-state index in [4.69, 9.17) is 5.11 Å². The number of nitrogens with one attached hydrogen (secondary N) is 1. The van der Waals surface area contributed by atoms with Crippen LogP contribution in [0, 0.1) is 20.8 Å². The van der Waals surface area contributed by atoms with Crippen LogP contribution >= 0.6 is 0 Å². The van der Waals surface area contributed by atoms with E-state index in [1.807, 2.05) is 6.92 Å². The van der Waals surface area contributed by atoms with Gasteiger partial charge in [-0.25, -0.2) is 13.2 Å². The van der Waals surface area contributed by atoms with Crippen LogP contribution in [0.2, 0.25) is 0 Å². The molecule has 0 aromatic heterocycles. The molecule has 22 heavy (non-hydrogen) atoms. The highest BCUT2D eigenvalue weighted by Crippen LogP contribution is 2.25. The average molecular weight is 319 g/mol. The molecule has 2 aromatic carbocycles. The largest absolute Gasteiger partial charge is 0.478 e. The van der Waals surface area contributed by atoms with E-state index in [-0.39, 0.29) is 16.1 Å². The molecule has 0 spiro atoms. The fourth-order valence-corrected chi connectivity index (χ4v) is 4.08. The van der Waals surface area contributed by atoms with Crippen molar-refractivity contribution in [3.05, 3.63) is 58.7 Å². The number of benzene rings is 2. The summed E-state index contributed by atoms with van der Waals surface area (Å²) in [6.45, 7) is 5.33. The predicted octanol–water partition coefficient (Wildman–Crippen LogP) is 3.11. The molecule has 2 rings (SSSR count). The minimum Gasteiger partial charge on any atom is -0.478 e. The Morgan fingerprint density at radius 3 is 2.14 bits per heavy atom. The number of carbonyl (C=O) groups is 1. The van der Waals surface area contributed by atoms with Gasteiger partial charge < -0.3 is 5.11 Å². The van der Waals surface area contributed by atoms with Gasteiger partial charge in [0.25, 0.3) is 10.0 Å². The van der Waals surface area contributed by atoms with Crippen molar-refractivity contribution in [2.24, 2.45) is 0 Å². The molecule has 0 saturated heterocycles. The van der Waals surface area contributed by atoms with Crippen LogP contribution in [-0.2, 0) is 10.0 Å². The molecular weight excluding hydrogens is 302 g/mol. The topological polar surface area (TPSA) is 83.5 Å². The Morgan fingerprint density at radius 2 is 1.59 bits per heavy atom. The van der Waals surface area contributed by atoms with E-state index in [0.29, 0.717) is 11.1 Å². The van der Waals surface area contributed by atoms with E-state index < -0.39 is 16.0 Å². The zero-order valence-electron chi connectivity index (χ0n) is 12.5. The van der Waals surface area contributed by atoms with Crippen molar-refractivity contribution >= 4 is 21.7 Å². The van der Waals surface area contributed by atoms with Gasteiger partial charge in [-0.05, 0) is 44.0 Å². The van der Waals surface area contributed by atoms with E-state index in [1.54, 1.807) is 38.1 Å². The third kappa shape index (κ3) is 3.12. The summed E-state index contributed by atoms with van der Waals surface area (Å²) >= 11 is 0. The molecule has 0 amide bonds. The molecule has 0 aliphatic heterocycles. The van der Waals surface area contributed by atoms with Crippen molar-refractivity contribution in [3.63, 3.8) is 0 Å². The zero-order chi connectivity index (χ0) is 16.5. The van der Waals surface area contributed by atoms with Gasteiger partial charge in [0.15, 0.2) is 0 Å². The molecule has 0 saturated carbocycles. The van der Waals surface area contributed by atoms with Crippen LogP contribution in [0.3, 0.4) is 0 Å². The highest BCUT2D eigenvalue weighted by Gasteiger charge is 2.22. The number of carboxylic acids is 1. The molecule has 5 nitrogen and oxygen atoms in total. The average Bonchev–Trinajstić information content (AvgIpc) is 2.36. The lowest BCUT2D eigenvalue weighted by Gasteiger charge is -2.15. The van der Waals surface area contributed by atoms with Gasteiger partial charge >= 0.3 is 5.97 Å². The minimum absolute atomic E-state index is 0.0503. The molecule has 0 atom stereocenters. The van der Waals surface area contributed by atoms with Gasteiger partial charge in [-0.3, -0.25) is 4.72 Å². The number of anilines is 1. The lowest BCUT2D eigenvalue weighted by Crippen LogP contribution is -2.17. The first kappa shape index (κ1) is 16.0. The van der Waals surface area contributed by atoms with Gasteiger partial charge in [0.2, 0.25) is 0 Å². The highest BCUT2D eigenvalue weighted by molar-refractivity contribution is 7.92. The maximum absolute atomic E-state index is 12.6. The third-order valence-corrected chi connectivity index (χ3v) is 4.95. The Kier molecular flexibility index (Phi) is 4.23. The molecule has 0 aliphatic rings. The molecule has 2 N–H and O–H groups in total. The van der Waals surface area contributed by atoms with Crippen molar-refractivity contribution < 1.29 is 18.3 Å². The van der Waals surface area contributed by atoms with Crippen LogP contribution in [-0.4, -0.2) is 19.5 Å². The van der Waals surface area contributed by atoms with E-state index >= 15 is 0 Å². The van der Waals surface area contributed by atoms with Gasteiger partial charge in [-0.2, -0.15) is 0 Å². The van der Waals surface area contributed by atoms with Crippen molar-refractivity contribution in [2.45, 2.75) is 25.7 Å². The molecule has 6 heteroatoms. The molecule has 0 bridgehead atoms. The first-order valence-corrected chi connectivity index (χ1v) is 8.13. The Balaban J connectivity index is 2.53. The normalized spacial score (nSPS) is 11.2. The van der Waals surface area contributed by atoms with Gasteiger partial charge in [0, 0.05) is 0 Å². The fraction of sp³-hybridized carbons (Fsp3) is 0.188. The summed E-state index contributed by atoms with van der Waals surface area (Å²) in [7, 11) is -3.86. The zero-order valence-corrected chi connectivity index (χ0v) is 13.4. The lowest BCUT2D eigenvalue weighted by atomic mass is 10.1. The maximum Gasteiger partial charge on any atom is 0.337 e. The van der Waals surface area contributed by atoms with Crippen LogP contribution in [0.25, 0.3) is 0 Å². The minimum atomic E-state index is -3.86. The Morgan fingerprint density at radius 1 is 1.05 bits per heavy atom. The monoisotopic (exact) mass is 319 g/mol. The SMILES string of the molecule is Cc1cc(C)c(S(=O)(=O)Nc2ccccc2C(=O)O)c(C)c1. The van der Waals surface area contributed by atoms with Crippen molar-refractivity contribution in [1.82, 2.24) is 0 Å². The van der Waals surface area contributed by atoms with E-state index in [2.05, 4.69) is 4.72 Å². The first-order chi connectivity index (χ1) is 10.2. The van der Waals surface area contributed by atoms with Crippen LogP contribution in [0.4, 0.5) is 5.69 Å². The molecule has 0 radical (unpaired) electrons. The summed E-state index contributed by atoms with van der Waals surface area (Å²) in [5.74, 6) is -1.18. The second-order valence-electron chi connectivity index (χ2n) is 5.18. The summed E-state index contributed by atoms with van der Waals surface area (Å²) in [6, 6.07) is 9.48. The molecule has 2 aromatic rings. The maximum atomic E-state index is 12.6. The van der Waals surface area contributed by atoms with E-state index in [1.165, 1.54) is 12.1 Å². The van der Waals surface area contributed by atoms with Crippen molar-refractivity contribution in [3.8, 4) is 0 Å². The second-order valence-corrected chi connectivity index (χ2v) is 6.80. The molecule has 0 unspecified atom stereocenters. The summed E-state index contributed by atoms with van der Waals surface area (Å²) < 4.78 is 27.6. The summed E-state index contributed by atoms with van der Waals surface area (Å²) in [6.07, 6.45) is 0. The smallest absolute Gasteiger partial charge is 0.337 e. The van der Waals surface area contributed by atoms with Gasteiger partial charge in [-0.15, -0.1) is 0 Å². The van der Waals surface area contributed by atoms with Crippen molar-refractivity contribution in [1.29, 1.82) is 0 Å². The molecular formula is C16H17NO4S. The number of sulfonamides is 1. The summed E-state index contributed by atoms with van der Waals surface area (Å²) in [4.78, 5) is 11.4. The van der Waals surface area contributed by atoms with Gasteiger partial charge in [0.05, 0.1) is 16.1 Å². The number of hydrogen-bond donors (Lipinski definition) is 2. The Hall–Kier alpha value is -2.34. The number of para-hydroxylation sites is 1. The Bertz CT molecular complexity index is 818. The number of carboxylic acid groups (broad SMARTS) is 1. The fourth-order valence-electron chi connectivity index (χ4n) is 2.55. The van der Waals surface area contributed by atoms with Crippen LogP contribution in [0.15, 0.2) is 41.3 Å².